The summed E-state index contributed by atoms with van der Waals surface area (Å²) in [4.78, 5) is 29.4. The van der Waals surface area contributed by atoms with Gasteiger partial charge in [-0.2, -0.15) is 0 Å². The zero-order valence-electron chi connectivity index (χ0n) is 23.7. The Labute approximate surface area is 246 Å². The number of carbonyl (C=O) groups is 2. The molecule has 7 nitrogen and oxygen atoms in total. The summed E-state index contributed by atoms with van der Waals surface area (Å²) in [5.41, 5.74) is 3.86. The molecule has 0 spiro atoms. The molecule has 2 atom stereocenters. The molecule has 40 heavy (non-hydrogen) atoms. The van der Waals surface area contributed by atoms with E-state index in [1.165, 1.54) is 4.90 Å². The molecule has 3 aromatic carbocycles. The quantitative estimate of drug-likeness (QED) is 0.292. The van der Waals surface area contributed by atoms with Gasteiger partial charge in [-0.3, -0.25) is 13.9 Å². The highest BCUT2D eigenvalue weighted by Gasteiger charge is 2.33. The first-order chi connectivity index (χ1) is 18.9. The van der Waals surface area contributed by atoms with Crippen molar-refractivity contribution in [3.05, 3.63) is 99.5 Å². The van der Waals surface area contributed by atoms with Gasteiger partial charge in [0.2, 0.25) is 21.8 Å². The second kappa shape index (κ2) is 13.9. The maximum atomic E-state index is 14.2. The third-order valence-corrected chi connectivity index (χ3v) is 8.72. The monoisotopic (exact) mass is 627 g/mol. The van der Waals surface area contributed by atoms with Gasteiger partial charge in [0.25, 0.3) is 0 Å². The molecular weight excluding hydrogens is 590 g/mol. The van der Waals surface area contributed by atoms with Crippen LogP contribution in [0, 0.1) is 13.8 Å². The van der Waals surface area contributed by atoms with Crippen molar-refractivity contribution in [3.8, 4) is 0 Å². The number of aryl methyl sites for hydroxylation is 1. The molecule has 0 aliphatic carbocycles. The van der Waals surface area contributed by atoms with E-state index in [0.29, 0.717) is 5.69 Å². The SMILES string of the molecule is CC[C@@H](C)NC(=O)[C@H](Cc1ccccc1)N(Cc1ccc(Br)cc1)C(=O)CN(c1cccc(C)c1C)S(C)(=O)=O. The minimum atomic E-state index is -3.81. The van der Waals surface area contributed by atoms with Crippen LogP contribution in [0.4, 0.5) is 5.69 Å². The van der Waals surface area contributed by atoms with Gasteiger partial charge in [-0.15, -0.1) is 0 Å². The topological polar surface area (TPSA) is 86.8 Å². The molecule has 9 heteroatoms. The lowest BCUT2D eigenvalue weighted by atomic mass is 10.0. The molecule has 0 bridgehead atoms. The van der Waals surface area contributed by atoms with Crippen molar-refractivity contribution in [2.45, 2.75) is 59.2 Å². The van der Waals surface area contributed by atoms with E-state index in [-0.39, 0.29) is 24.9 Å². The number of sulfonamides is 1. The molecule has 0 unspecified atom stereocenters. The summed E-state index contributed by atoms with van der Waals surface area (Å²) in [5, 5.41) is 3.04. The Morgan fingerprint density at radius 1 is 0.925 bits per heavy atom. The number of hydrogen-bond donors (Lipinski definition) is 1. The van der Waals surface area contributed by atoms with Crippen LogP contribution in [0.3, 0.4) is 0 Å². The molecule has 0 saturated heterocycles. The van der Waals surface area contributed by atoms with Crippen LogP contribution in [0.2, 0.25) is 0 Å². The molecule has 0 fully saturated rings. The van der Waals surface area contributed by atoms with Gasteiger partial charge in [0.15, 0.2) is 0 Å². The molecule has 3 rings (SSSR count). The second-order valence-electron chi connectivity index (χ2n) is 10.2. The number of halogens is 1. The van der Waals surface area contributed by atoms with Gasteiger partial charge in [0, 0.05) is 23.5 Å². The number of amides is 2. The Morgan fingerprint density at radius 3 is 2.17 bits per heavy atom. The molecule has 0 radical (unpaired) electrons. The van der Waals surface area contributed by atoms with E-state index >= 15 is 0 Å². The highest BCUT2D eigenvalue weighted by molar-refractivity contribution is 9.10. The first kappa shape index (κ1) is 31.4. The van der Waals surface area contributed by atoms with Crippen molar-refractivity contribution in [1.82, 2.24) is 10.2 Å². The van der Waals surface area contributed by atoms with E-state index in [2.05, 4.69) is 21.2 Å². The summed E-state index contributed by atoms with van der Waals surface area (Å²) >= 11 is 3.45. The van der Waals surface area contributed by atoms with E-state index < -0.39 is 28.5 Å². The van der Waals surface area contributed by atoms with E-state index in [0.717, 1.165) is 43.7 Å². The maximum Gasteiger partial charge on any atom is 0.244 e. The molecule has 0 aromatic heterocycles. The molecule has 0 heterocycles. The van der Waals surface area contributed by atoms with Crippen molar-refractivity contribution in [2.24, 2.45) is 0 Å². The summed E-state index contributed by atoms with van der Waals surface area (Å²) < 4.78 is 28.0. The van der Waals surface area contributed by atoms with Gasteiger partial charge in [0.05, 0.1) is 11.9 Å². The van der Waals surface area contributed by atoms with Crippen molar-refractivity contribution in [3.63, 3.8) is 0 Å². The van der Waals surface area contributed by atoms with Gasteiger partial charge < -0.3 is 10.2 Å². The smallest absolute Gasteiger partial charge is 0.244 e. The normalized spacial score (nSPS) is 12.8. The van der Waals surface area contributed by atoms with Crippen LogP contribution < -0.4 is 9.62 Å². The predicted molar refractivity (Wildman–Crippen MR) is 165 cm³/mol. The summed E-state index contributed by atoms with van der Waals surface area (Å²) in [5.74, 6) is -0.740. The first-order valence-corrected chi connectivity index (χ1v) is 16.0. The number of nitrogens with one attached hydrogen (secondary N) is 1. The van der Waals surface area contributed by atoms with Gasteiger partial charge in [0.1, 0.15) is 12.6 Å². The average Bonchev–Trinajstić information content (AvgIpc) is 2.91. The number of hydrogen-bond acceptors (Lipinski definition) is 4. The summed E-state index contributed by atoms with van der Waals surface area (Å²) in [6, 6.07) is 21.5. The number of carbonyl (C=O) groups excluding carboxylic acids is 2. The molecule has 2 amide bonds. The lowest BCUT2D eigenvalue weighted by Crippen LogP contribution is -2.54. The standard InChI is InChI=1S/C31H38BrN3O4S/c1-6-23(3)33-31(37)29(19-25-12-8-7-9-13-25)34(20-26-15-17-27(32)18-16-26)30(36)21-35(40(5,38)39)28-14-10-11-22(2)24(28)4/h7-18,23,29H,6,19-21H2,1-5H3,(H,33,37)/t23-,29+/m1/s1. The first-order valence-electron chi connectivity index (χ1n) is 13.3. The van der Waals surface area contributed by atoms with Crippen LogP contribution in [-0.4, -0.2) is 50.0 Å². The van der Waals surface area contributed by atoms with Crippen molar-refractivity contribution in [1.29, 1.82) is 0 Å². The number of nitrogens with zero attached hydrogens (tertiary/aromatic N) is 2. The number of anilines is 1. The molecule has 0 saturated carbocycles. The summed E-state index contributed by atoms with van der Waals surface area (Å²) in [6.45, 7) is 7.35. The van der Waals surface area contributed by atoms with Crippen molar-refractivity contribution >= 4 is 43.5 Å². The summed E-state index contributed by atoms with van der Waals surface area (Å²) in [7, 11) is -3.81. The zero-order chi connectivity index (χ0) is 29.4. The molecule has 214 valence electrons. The van der Waals surface area contributed by atoms with Crippen molar-refractivity contribution in [2.75, 3.05) is 17.1 Å². The highest BCUT2D eigenvalue weighted by atomic mass is 79.9. The zero-order valence-corrected chi connectivity index (χ0v) is 26.1. The average molecular weight is 629 g/mol. The fraction of sp³-hybridized carbons (Fsp3) is 0.355. The van der Waals surface area contributed by atoms with Gasteiger partial charge in [-0.05, 0) is 67.6 Å². The van der Waals surface area contributed by atoms with Crippen LogP contribution in [-0.2, 0) is 32.6 Å². The fourth-order valence-corrected chi connectivity index (χ4v) is 5.55. The fourth-order valence-electron chi connectivity index (χ4n) is 4.38. The Morgan fingerprint density at radius 2 is 1.57 bits per heavy atom. The van der Waals surface area contributed by atoms with Crippen LogP contribution in [0.1, 0.15) is 42.5 Å². The number of benzene rings is 3. The van der Waals surface area contributed by atoms with E-state index in [4.69, 9.17) is 0 Å². The largest absolute Gasteiger partial charge is 0.352 e. The van der Waals surface area contributed by atoms with Crippen molar-refractivity contribution < 1.29 is 18.0 Å². The van der Waals surface area contributed by atoms with E-state index in [1.807, 2.05) is 88.4 Å². The number of rotatable bonds is 12. The molecule has 1 N–H and O–H groups in total. The molecular formula is C31H38BrN3O4S. The Bertz CT molecular complexity index is 1410. The second-order valence-corrected chi connectivity index (χ2v) is 13.0. The Balaban J connectivity index is 2.08. The van der Waals surface area contributed by atoms with E-state index in [1.54, 1.807) is 12.1 Å². The van der Waals surface area contributed by atoms with Crippen LogP contribution in [0.5, 0.6) is 0 Å². The molecule has 0 aliphatic heterocycles. The Hall–Kier alpha value is -3.17. The lowest BCUT2D eigenvalue weighted by Gasteiger charge is -2.34. The van der Waals surface area contributed by atoms with E-state index in [9.17, 15) is 18.0 Å². The maximum absolute atomic E-state index is 14.2. The molecule has 0 aliphatic rings. The lowest BCUT2D eigenvalue weighted by molar-refractivity contribution is -0.140. The minimum absolute atomic E-state index is 0.0853. The minimum Gasteiger partial charge on any atom is -0.352 e. The highest BCUT2D eigenvalue weighted by Crippen LogP contribution is 2.26. The van der Waals surface area contributed by atoms with Gasteiger partial charge >= 0.3 is 0 Å². The van der Waals surface area contributed by atoms with Gasteiger partial charge in [-0.25, -0.2) is 8.42 Å². The van der Waals surface area contributed by atoms with Crippen LogP contribution in [0.25, 0.3) is 0 Å². The van der Waals surface area contributed by atoms with Crippen LogP contribution >= 0.6 is 15.9 Å². The third kappa shape index (κ3) is 8.41. The van der Waals surface area contributed by atoms with Gasteiger partial charge in [-0.1, -0.05) is 77.5 Å². The van der Waals surface area contributed by atoms with Crippen LogP contribution in [0.15, 0.2) is 77.3 Å². The predicted octanol–water partition coefficient (Wildman–Crippen LogP) is 5.39. The summed E-state index contributed by atoms with van der Waals surface area (Å²) in [6.07, 6.45) is 2.12. The molecule has 3 aromatic rings. The third-order valence-electron chi connectivity index (χ3n) is 7.06. The Kier molecular flexibility index (Phi) is 10.9.